The third-order valence-corrected chi connectivity index (χ3v) is 7.54. The van der Waals surface area contributed by atoms with E-state index < -0.39 is 9.84 Å². The van der Waals surface area contributed by atoms with Crippen LogP contribution in [0.5, 0.6) is 0 Å². The number of hydrogen-bond donors (Lipinski definition) is 0. The molecule has 0 aliphatic rings. The molecule has 0 fully saturated rings. The van der Waals surface area contributed by atoms with Crippen molar-refractivity contribution in [3.63, 3.8) is 0 Å². The van der Waals surface area contributed by atoms with Crippen molar-refractivity contribution in [3.05, 3.63) is 40.6 Å². The molecule has 150 valence electrons. The first-order chi connectivity index (χ1) is 13.3. The number of thiazole rings is 1. The zero-order valence-electron chi connectivity index (χ0n) is 16.1. The highest BCUT2D eigenvalue weighted by Gasteiger charge is 2.24. The number of para-hydroxylation sites is 1. The minimum atomic E-state index is -3.40. The molecule has 0 aliphatic carbocycles. The van der Waals surface area contributed by atoms with Crippen LogP contribution in [-0.4, -0.2) is 56.6 Å². The fourth-order valence-electron chi connectivity index (χ4n) is 2.92. The molecular formula is C19H23N3O3S3. The van der Waals surface area contributed by atoms with E-state index >= 15 is 0 Å². The monoisotopic (exact) mass is 437 g/mol. The Hall–Kier alpha value is -1.81. The number of carbonyl (C=O) groups is 1. The van der Waals surface area contributed by atoms with E-state index in [1.165, 1.54) is 28.9 Å². The summed E-state index contributed by atoms with van der Waals surface area (Å²) in [6, 6.07) is 8.75. The Balaban J connectivity index is 2.03. The molecule has 9 heteroatoms. The Labute approximate surface area is 173 Å². The number of anilines is 1. The minimum absolute atomic E-state index is 0.109. The van der Waals surface area contributed by atoms with Crippen molar-refractivity contribution in [1.29, 1.82) is 0 Å². The van der Waals surface area contributed by atoms with E-state index in [2.05, 4.69) is 23.7 Å². The molecule has 0 saturated carbocycles. The highest BCUT2D eigenvalue weighted by molar-refractivity contribution is 7.91. The van der Waals surface area contributed by atoms with Gasteiger partial charge in [-0.1, -0.05) is 37.3 Å². The number of nitrogens with zero attached hydrogens (tertiary/aromatic N) is 3. The van der Waals surface area contributed by atoms with E-state index in [0.717, 1.165) is 24.3 Å². The van der Waals surface area contributed by atoms with Gasteiger partial charge in [-0.2, -0.15) is 0 Å². The number of thiophene rings is 1. The van der Waals surface area contributed by atoms with Crippen molar-refractivity contribution >= 4 is 53.8 Å². The van der Waals surface area contributed by atoms with E-state index in [9.17, 15) is 13.2 Å². The first-order valence-electron chi connectivity index (χ1n) is 9.02. The Bertz CT molecular complexity index is 1050. The maximum atomic E-state index is 13.1. The van der Waals surface area contributed by atoms with Crippen LogP contribution >= 0.6 is 22.7 Å². The Morgan fingerprint density at radius 3 is 2.46 bits per heavy atom. The Morgan fingerprint density at radius 2 is 1.86 bits per heavy atom. The number of rotatable bonds is 8. The van der Waals surface area contributed by atoms with Gasteiger partial charge in [-0.25, -0.2) is 13.4 Å². The lowest BCUT2D eigenvalue weighted by Gasteiger charge is -2.24. The van der Waals surface area contributed by atoms with Gasteiger partial charge in [0.25, 0.3) is 5.91 Å². The molecule has 6 nitrogen and oxygen atoms in total. The quantitative estimate of drug-likeness (QED) is 0.537. The second-order valence-corrected chi connectivity index (χ2v) is 10.3. The van der Waals surface area contributed by atoms with Crippen molar-refractivity contribution in [2.24, 2.45) is 0 Å². The molecule has 0 spiro atoms. The predicted octanol–water partition coefficient (Wildman–Crippen LogP) is 3.75. The number of fused-ring (bicyclic) bond motifs is 1. The largest absolute Gasteiger partial charge is 0.302 e. The number of amides is 1. The third-order valence-electron chi connectivity index (χ3n) is 4.51. The second kappa shape index (κ2) is 8.69. The van der Waals surface area contributed by atoms with E-state index in [-0.39, 0.29) is 10.8 Å². The summed E-state index contributed by atoms with van der Waals surface area (Å²) in [4.78, 5) is 22.4. The minimum Gasteiger partial charge on any atom is -0.302 e. The number of carbonyl (C=O) groups excluding carboxylic acids is 1. The van der Waals surface area contributed by atoms with Crippen LogP contribution in [0.3, 0.4) is 0 Å². The number of likely N-dealkylation sites (N-methyl/N-ethyl adjacent to an activating group) is 1. The highest BCUT2D eigenvalue weighted by atomic mass is 32.2. The first kappa shape index (κ1) is 20.9. The molecule has 28 heavy (non-hydrogen) atoms. The van der Waals surface area contributed by atoms with Crippen LogP contribution in [0.15, 0.2) is 40.6 Å². The smallest absolute Gasteiger partial charge is 0.270 e. The third kappa shape index (κ3) is 4.43. The Kier molecular flexibility index (Phi) is 6.49. The maximum Gasteiger partial charge on any atom is 0.270 e. The van der Waals surface area contributed by atoms with Gasteiger partial charge < -0.3 is 4.90 Å². The normalized spacial score (nSPS) is 12.0. The van der Waals surface area contributed by atoms with Crippen LogP contribution < -0.4 is 4.90 Å². The molecule has 2 heterocycles. The molecule has 3 aromatic rings. The van der Waals surface area contributed by atoms with Crippen molar-refractivity contribution in [2.45, 2.75) is 18.7 Å². The van der Waals surface area contributed by atoms with Crippen molar-refractivity contribution in [3.8, 4) is 0 Å². The summed E-state index contributed by atoms with van der Waals surface area (Å²) in [5.41, 5.74) is 0.428. The fourth-order valence-corrected chi connectivity index (χ4v) is 5.51. The molecule has 0 bridgehead atoms. The average Bonchev–Trinajstić information content (AvgIpc) is 3.33. The van der Waals surface area contributed by atoms with E-state index in [4.69, 9.17) is 0 Å². The molecule has 0 aliphatic heterocycles. The molecule has 0 radical (unpaired) electrons. The standard InChI is InChI=1S/C19H23N3O3S3/c1-4-21(5-2)11-12-22(18(23)15-9-7-13-26-15)19-20-17-14(27-19)8-6-10-16(17)28(3,24)25/h6-10,13H,4-5,11-12H2,1-3H3. The summed E-state index contributed by atoms with van der Waals surface area (Å²) in [6.45, 7) is 7.19. The van der Waals surface area contributed by atoms with Crippen LogP contribution in [0.1, 0.15) is 23.5 Å². The summed E-state index contributed by atoms with van der Waals surface area (Å²) < 4.78 is 25.0. The maximum absolute atomic E-state index is 13.1. The summed E-state index contributed by atoms with van der Waals surface area (Å²) in [7, 11) is -3.40. The molecule has 0 unspecified atom stereocenters. The predicted molar refractivity (Wildman–Crippen MR) is 117 cm³/mol. The molecule has 2 aromatic heterocycles. The average molecular weight is 438 g/mol. The number of sulfone groups is 1. The van der Waals surface area contributed by atoms with Crippen molar-refractivity contribution in [2.75, 3.05) is 37.3 Å². The first-order valence-corrected chi connectivity index (χ1v) is 12.6. The molecular weight excluding hydrogens is 414 g/mol. The number of benzene rings is 1. The fraction of sp³-hybridized carbons (Fsp3) is 0.368. The number of hydrogen-bond acceptors (Lipinski definition) is 7. The lowest BCUT2D eigenvalue weighted by molar-refractivity contribution is 0.0987. The van der Waals surface area contributed by atoms with Gasteiger partial charge in [-0.3, -0.25) is 9.69 Å². The highest BCUT2D eigenvalue weighted by Crippen LogP contribution is 2.33. The van der Waals surface area contributed by atoms with Gasteiger partial charge in [-0.15, -0.1) is 11.3 Å². The van der Waals surface area contributed by atoms with Gasteiger partial charge in [0, 0.05) is 19.3 Å². The van der Waals surface area contributed by atoms with Crippen LogP contribution in [0.2, 0.25) is 0 Å². The van der Waals surface area contributed by atoms with Crippen LogP contribution in [0, 0.1) is 0 Å². The second-order valence-electron chi connectivity index (χ2n) is 6.33. The topological polar surface area (TPSA) is 70.6 Å². The van der Waals surface area contributed by atoms with Crippen molar-refractivity contribution < 1.29 is 13.2 Å². The lowest BCUT2D eigenvalue weighted by Crippen LogP contribution is -2.38. The summed E-state index contributed by atoms with van der Waals surface area (Å²) in [5.74, 6) is -0.109. The van der Waals surface area contributed by atoms with E-state index in [0.29, 0.717) is 22.1 Å². The molecule has 0 atom stereocenters. The lowest BCUT2D eigenvalue weighted by atomic mass is 10.3. The zero-order chi connectivity index (χ0) is 20.3. The van der Waals surface area contributed by atoms with Crippen LogP contribution in [-0.2, 0) is 9.84 Å². The van der Waals surface area contributed by atoms with Crippen LogP contribution in [0.4, 0.5) is 5.13 Å². The molecule has 0 saturated heterocycles. The van der Waals surface area contributed by atoms with Gasteiger partial charge in [0.15, 0.2) is 15.0 Å². The summed E-state index contributed by atoms with van der Waals surface area (Å²) in [6.07, 6.45) is 1.18. The Morgan fingerprint density at radius 1 is 1.11 bits per heavy atom. The van der Waals surface area contributed by atoms with E-state index in [1.54, 1.807) is 23.1 Å². The van der Waals surface area contributed by atoms with Crippen molar-refractivity contribution in [1.82, 2.24) is 9.88 Å². The number of aromatic nitrogens is 1. The molecule has 1 amide bonds. The van der Waals surface area contributed by atoms with Gasteiger partial charge in [-0.05, 0) is 36.7 Å². The molecule has 0 N–H and O–H groups in total. The van der Waals surface area contributed by atoms with Gasteiger partial charge in [0.2, 0.25) is 0 Å². The van der Waals surface area contributed by atoms with Gasteiger partial charge in [0.1, 0.15) is 5.52 Å². The molecule has 1 aromatic carbocycles. The summed E-state index contributed by atoms with van der Waals surface area (Å²) in [5, 5.41) is 2.40. The zero-order valence-corrected chi connectivity index (χ0v) is 18.5. The van der Waals surface area contributed by atoms with Gasteiger partial charge >= 0.3 is 0 Å². The summed E-state index contributed by atoms with van der Waals surface area (Å²) >= 11 is 2.73. The van der Waals surface area contributed by atoms with Crippen LogP contribution in [0.25, 0.3) is 10.2 Å². The molecule has 3 rings (SSSR count). The van der Waals surface area contributed by atoms with Gasteiger partial charge in [0.05, 0.1) is 14.5 Å². The van der Waals surface area contributed by atoms with E-state index in [1.807, 2.05) is 17.5 Å². The SMILES string of the molecule is CCN(CC)CCN(C(=O)c1cccs1)c1nc2c(S(C)(=O)=O)cccc2s1.